The van der Waals surface area contributed by atoms with E-state index in [9.17, 15) is 14.4 Å². The number of piperidine rings is 1. The summed E-state index contributed by atoms with van der Waals surface area (Å²) in [5.41, 5.74) is 5.29. The highest BCUT2D eigenvalue weighted by Crippen LogP contribution is 2.24. The molecule has 7 nitrogen and oxygen atoms in total. The molecule has 2 atom stereocenters. The summed E-state index contributed by atoms with van der Waals surface area (Å²) in [6.07, 6.45) is 0.442. The van der Waals surface area contributed by atoms with E-state index in [4.69, 9.17) is 5.73 Å². The van der Waals surface area contributed by atoms with Crippen molar-refractivity contribution in [3.63, 3.8) is 0 Å². The summed E-state index contributed by atoms with van der Waals surface area (Å²) in [4.78, 5) is 35.8. The highest BCUT2D eigenvalue weighted by atomic mass is 16.5. The van der Waals surface area contributed by atoms with Gasteiger partial charge in [-0.25, -0.2) is 0 Å². The van der Waals surface area contributed by atoms with E-state index in [1.54, 1.807) is 4.90 Å². The van der Waals surface area contributed by atoms with Crippen molar-refractivity contribution in [3.05, 3.63) is 0 Å². The number of rotatable bonds is 4. The Balaban J connectivity index is 2.68. The Morgan fingerprint density at radius 1 is 1.22 bits per heavy atom. The first kappa shape index (κ1) is 14.4. The van der Waals surface area contributed by atoms with Crippen molar-refractivity contribution in [2.75, 3.05) is 33.9 Å². The minimum atomic E-state index is -0.629. The minimum absolute atomic E-state index is 0.0914. The van der Waals surface area contributed by atoms with Crippen LogP contribution in [-0.2, 0) is 23.9 Å². The topological polar surface area (TPSA) is 98.9 Å². The first-order valence-electron chi connectivity index (χ1n) is 5.66. The van der Waals surface area contributed by atoms with Gasteiger partial charge in [0.1, 0.15) is 0 Å². The highest BCUT2D eigenvalue weighted by molar-refractivity contribution is 5.84. The average molecular weight is 258 g/mol. The molecule has 0 saturated carbocycles. The molecule has 1 saturated heterocycles. The monoisotopic (exact) mass is 258 g/mol. The number of esters is 2. The van der Waals surface area contributed by atoms with Crippen molar-refractivity contribution < 1.29 is 23.9 Å². The maximum atomic E-state index is 11.5. The lowest BCUT2D eigenvalue weighted by atomic mass is 9.85. The smallest absolute Gasteiger partial charge is 0.319 e. The predicted octanol–water partition coefficient (Wildman–Crippen LogP) is -1.24. The van der Waals surface area contributed by atoms with Crippen LogP contribution >= 0.6 is 0 Å². The maximum Gasteiger partial charge on any atom is 0.319 e. The lowest BCUT2D eigenvalue weighted by molar-refractivity contribution is -0.153. The fourth-order valence-electron chi connectivity index (χ4n) is 2.13. The van der Waals surface area contributed by atoms with Crippen LogP contribution in [0.3, 0.4) is 0 Å². The zero-order valence-electron chi connectivity index (χ0n) is 10.5. The highest BCUT2D eigenvalue weighted by Gasteiger charge is 2.38. The van der Waals surface area contributed by atoms with E-state index < -0.39 is 23.7 Å². The molecule has 0 aromatic rings. The summed E-state index contributed by atoms with van der Waals surface area (Å²) in [5.74, 6) is -2.52. The van der Waals surface area contributed by atoms with Crippen molar-refractivity contribution >= 4 is 17.8 Å². The third-order valence-corrected chi connectivity index (χ3v) is 3.15. The summed E-state index contributed by atoms with van der Waals surface area (Å²) in [6, 6.07) is 0. The number of likely N-dealkylation sites (tertiary alicyclic amines) is 1. The Hall–Kier alpha value is -1.63. The molecule has 1 aliphatic heterocycles. The number of hydrogen-bond donors (Lipinski definition) is 1. The molecule has 0 bridgehead atoms. The van der Waals surface area contributed by atoms with Crippen LogP contribution in [0.1, 0.15) is 6.42 Å². The van der Waals surface area contributed by atoms with Gasteiger partial charge in [-0.15, -0.1) is 0 Å². The standard InChI is InChI=1S/C11H18N2O5/c1-17-9(14)6-13-4-3-7(11(16)18-2)8(5-13)10(12)15/h7-8H,3-6H2,1-2H3,(H2,12,15). The predicted molar refractivity (Wildman–Crippen MR) is 61.3 cm³/mol. The molecule has 102 valence electrons. The summed E-state index contributed by atoms with van der Waals surface area (Å²) >= 11 is 0. The molecule has 0 radical (unpaired) electrons. The SMILES string of the molecule is COC(=O)CN1CCC(C(=O)OC)C(C(N)=O)C1. The van der Waals surface area contributed by atoms with E-state index >= 15 is 0 Å². The average Bonchev–Trinajstić information content (AvgIpc) is 2.37. The fraction of sp³-hybridized carbons (Fsp3) is 0.727. The second-order valence-electron chi connectivity index (χ2n) is 4.24. The second-order valence-corrected chi connectivity index (χ2v) is 4.24. The minimum Gasteiger partial charge on any atom is -0.469 e. The molecule has 2 unspecified atom stereocenters. The lowest BCUT2D eigenvalue weighted by Gasteiger charge is -2.34. The number of carbonyl (C=O) groups is 3. The zero-order valence-corrected chi connectivity index (χ0v) is 10.5. The van der Waals surface area contributed by atoms with Gasteiger partial charge in [-0.1, -0.05) is 0 Å². The molecule has 1 amide bonds. The van der Waals surface area contributed by atoms with Gasteiger partial charge < -0.3 is 15.2 Å². The number of nitrogens with zero attached hydrogens (tertiary/aromatic N) is 1. The third-order valence-electron chi connectivity index (χ3n) is 3.15. The van der Waals surface area contributed by atoms with E-state index in [0.29, 0.717) is 13.0 Å². The first-order chi connectivity index (χ1) is 8.49. The molecule has 7 heteroatoms. The maximum absolute atomic E-state index is 11.5. The van der Waals surface area contributed by atoms with Crippen LogP contribution in [-0.4, -0.2) is 56.6 Å². The molecule has 2 N–H and O–H groups in total. The quantitative estimate of drug-likeness (QED) is 0.633. The number of methoxy groups -OCH3 is 2. The summed E-state index contributed by atoms with van der Waals surface area (Å²) < 4.78 is 9.21. The molecule has 1 rings (SSSR count). The van der Waals surface area contributed by atoms with Crippen LogP contribution in [0.2, 0.25) is 0 Å². The number of ether oxygens (including phenoxy) is 2. The number of hydrogen-bond acceptors (Lipinski definition) is 6. The van der Waals surface area contributed by atoms with Gasteiger partial charge in [-0.05, 0) is 13.0 Å². The Morgan fingerprint density at radius 3 is 2.39 bits per heavy atom. The normalized spacial score (nSPS) is 24.3. The lowest BCUT2D eigenvalue weighted by Crippen LogP contribution is -2.50. The molecule has 18 heavy (non-hydrogen) atoms. The van der Waals surface area contributed by atoms with Gasteiger partial charge in [0.15, 0.2) is 0 Å². The van der Waals surface area contributed by atoms with E-state index in [-0.39, 0.29) is 19.1 Å². The Labute approximate surface area is 105 Å². The Morgan fingerprint density at radius 2 is 1.89 bits per heavy atom. The molecule has 0 aromatic carbocycles. The molecule has 0 aliphatic carbocycles. The third kappa shape index (κ3) is 3.43. The van der Waals surface area contributed by atoms with E-state index in [1.165, 1.54) is 14.2 Å². The number of nitrogens with two attached hydrogens (primary N) is 1. The molecule has 1 aliphatic rings. The van der Waals surface area contributed by atoms with E-state index in [2.05, 4.69) is 9.47 Å². The van der Waals surface area contributed by atoms with Gasteiger partial charge in [-0.2, -0.15) is 0 Å². The number of primary amides is 1. The molecule has 0 spiro atoms. The van der Waals surface area contributed by atoms with Crippen molar-refractivity contribution in [3.8, 4) is 0 Å². The van der Waals surface area contributed by atoms with Crippen LogP contribution in [0.25, 0.3) is 0 Å². The summed E-state index contributed by atoms with van der Waals surface area (Å²) in [6.45, 7) is 0.886. The Kier molecular flexibility index (Phi) is 5.08. The Bertz CT molecular complexity index is 344. The van der Waals surface area contributed by atoms with Gasteiger partial charge >= 0.3 is 11.9 Å². The molecular weight excluding hydrogens is 240 g/mol. The fourth-order valence-corrected chi connectivity index (χ4v) is 2.13. The van der Waals surface area contributed by atoms with Crippen molar-refractivity contribution in [2.24, 2.45) is 17.6 Å². The van der Waals surface area contributed by atoms with Gasteiger partial charge in [0.25, 0.3) is 0 Å². The van der Waals surface area contributed by atoms with Gasteiger partial charge in [0, 0.05) is 6.54 Å². The van der Waals surface area contributed by atoms with E-state index in [0.717, 1.165) is 0 Å². The first-order valence-corrected chi connectivity index (χ1v) is 5.66. The van der Waals surface area contributed by atoms with Crippen LogP contribution in [0.5, 0.6) is 0 Å². The second kappa shape index (κ2) is 6.34. The zero-order chi connectivity index (χ0) is 13.7. The van der Waals surface area contributed by atoms with Gasteiger partial charge in [0.05, 0.1) is 32.6 Å². The van der Waals surface area contributed by atoms with Crippen LogP contribution in [0.15, 0.2) is 0 Å². The van der Waals surface area contributed by atoms with Crippen LogP contribution in [0.4, 0.5) is 0 Å². The number of carbonyl (C=O) groups excluding carboxylic acids is 3. The van der Waals surface area contributed by atoms with Crippen molar-refractivity contribution in [1.29, 1.82) is 0 Å². The van der Waals surface area contributed by atoms with Crippen LogP contribution < -0.4 is 5.73 Å². The van der Waals surface area contributed by atoms with Gasteiger partial charge in [-0.3, -0.25) is 19.3 Å². The number of amides is 1. The molecule has 1 fully saturated rings. The van der Waals surface area contributed by atoms with Crippen LogP contribution in [0, 0.1) is 11.8 Å². The summed E-state index contributed by atoms with van der Waals surface area (Å²) in [7, 11) is 2.58. The molecule has 1 heterocycles. The molecular formula is C11H18N2O5. The van der Waals surface area contributed by atoms with Crippen molar-refractivity contribution in [2.45, 2.75) is 6.42 Å². The largest absolute Gasteiger partial charge is 0.469 e. The van der Waals surface area contributed by atoms with Gasteiger partial charge in [0.2, 0.25) is 5.91 Å². The van der Waals surface area contributed by atoms with E-state index in [1.807, 2.05) is 0 Å². The summed E-state index contributed by atoms with van der Waals surface area (Å²) in [5, 5.41) is 0. The molecule has 0 aromatic heterocycles. The van der Waals surface area contributed by atoms with Crippen molar-refractivity contribution in [1.82, 2.24) is 4.90 Å².